The molecule has 3 aromatic rings. The Morgan fingerprint density at radius 1 is 1.15 bits per heavy atom. The molecule has 0 fully saturated rings. The minimum atomic E-state index is -0.460. The van der Waals surface area contributed by atoms with Crippen molar-refractivity contribution in [1.82, 2.24) is 24.4 Å². The lowest BCUT2D eigenvalue weighted by Gasteiger charge is -2.26. The summed E-state index contributed by atoms with van der Waals surface area (Å²) in [4.78, 5) is 47.4. The third kappa shape index (κ3) is 4.46. The summed E-state index contributed by atoms with van der Waals surface area (Å²) in [6, 6.07) is 8.20. The molecule has 9 heteroatoms. The number of hydrogen-bond acceptors (Lipinski definition) is 6. The number of hydrogen-bond donors (Lipinski definition) is 1. The molecule has 2 aromatic heterocycles. The first kappa shape index (κ1) is 23.2. The molecule has 8 nitrogen and oxygen atoms in total. The SMILES string of the molecule is Cn1c(=O)c2c(SCC(=O)NC3CCCc4ccccc43)nc(C(C)(C)C)nc2n(C)c1=O. The van der Waals surface area contributed by atoms with Crippen LogP contribution in [0.2, 0.25) is 0 Å². The van der Waals surface area contributed by atoms with E-state index < -0.39 is 16.7 Å². The molecule has 1 aliphatic carbocycles. The van der Waals surface area contributed by atoms with Crippen molar-refractivity contribution in [3.63, 3.8) is 0 Å². The van der Waals surface area contributed by atoms with Crippen molar-refractivity contribution in [2.45, 2.75) is 56.5 Å². The molecule has 0 saturated carbocycles. The van der Waals surface area contributed by atoms with Crippen LogP contribution >= 0.6 is 11.8 Å². The van der Waals surface area contributed by atoms with Crippen molar-refractivity contribution in [3.05, 3.63) is 62.1 Å². The number of amides is 1. The van der Waals surface area contributed by atoms with Crippen LogP contribution < -0.4 is 16.6 Å². The van der Waals surface area contributed by atoms with Crippen LogP contribution in [0.15, 0.2) is 38.9 Å². The van der Waals surface area contributed by atoms with E-state index in [1.165, 1.54) is 34.5 Å². The smallest absolute Gasteiger partial charge is 0.332 e. The van der Waals surface area contributed by atoms with E-state index in [-0.39, 0.29) is 28.7 Å². The van der Waals surface area contributed by atoms with Gasteiger partial charge in [-0.3, -0.25) is 18.7 Å². The Bertz CT molecular complexity index is 1350. The molecule has 1 aliphatic rings. The molecule has 1 unspecified atom stereocenters. The first-order chi connectivity index (χ1) is 15.6. The van der Waals surface area contributed by atoms with Gasteiger partial charge in [0.05, 0.1) is 11.8 Å². The number of thioether (sulfide) groups is 1. The number of aromatic nitrogens is 4. The Labute approximate surface area is 196 Å². The maximum Gasteiger partial charge on any atom is 0.332 e. The van der Waals surface area contributed by atoms with Gasteiger partial charge in [-0.25, -0.2) is 14.8 Å². The average molecular weight is 468 g/mol. The number of aryl methyl sites for hydroxylation is 2. The quantitative estimate of drug-likeness (QED) is 0.468. The molecule has 0 aliphatic heterocycles. The lowest BCUT2D eigenvalue weighted by molar-refractivity contribution is -0.119. The van der Waals surface area contributed by atoms with Crippen LogP contribution in [0.1, 0.15) is 56.6 Å². The predicted molar refractivity (Wildman–Crippen MR) is 130 cm³/mol. The lowest BCUT2D eigenvalue weighted by atomic mass is 9.88. The van der Waals surface area contributed by atoms with Gasteiger partial charge < -0.3 is 5.32 Å². The summed E-state index contributed by atoms with van der Waals surface area (Å²) in [5, 5.41) is 3.82. The second kappa shape index (κ2) is 8.78. The highest BCUT2D eigenvalue weighted by atomic mass is 32.2. The van der Waals surface area contributed by atoms with E-state index in [1.807, 2.05) is 32.9 Å². The van der Waals surface area contributed by atoms with E-state index in [1.54, 1.807) is 7.05 Å². The topological polar surface area (TPSA) is 98.9 Å². The number of nitrogens with zero attached hydrogens (tertiary/aromatic N) is 4. The van der Waals surface area contributed by atoms with Crippen molar-refractivity contribution in [2.75, 3.05) is 5.75 Å². The Hall–Kier alpha value is -2.94. The van der Waals surface area contributed by atoms with Crippen LogP contribution in [0.3, 0.4) is 0 Å². The van der Waals surface area contributed by atoms with E-state index in [2.05, 4.69) is 27.4 Å². The Morgan fingerprint density at radius 2 is 1.88 bits per heavy atom. The fraction of sp³-hybridized carbons (Fsp3) is 0.458. The standard InChI is InChI=1S/C24H29N5O3S/c1-24(2,3)22-26-19-18(21(31)29(5)23(32)28(19)4)20(27-22)33-13-17(30)25-16-12-8-10-14-9-6-7-11-15(14)16/h6-7,9,11,16H,8,10,12-13H2,1-5H3,(H,25,30). The number of benzene rings is 1. The normalized spacial score (nSPS) is 16.0. The molecule has 0 saturated heterocycles. The van der Waals surface area contributed by atoms with Crippen LogP contribution in [0, 0.1) is 0 Å². The van der Waals surface area contributed by atoms with Gasteiger partial charge in [-0.1, -0.05) is 56.8 Å². The summed E-state index contributed by atoms with van der Waals surface area (Å²) < 4.78 is 2.41. The molecule has 2 heterocycles. The van der Waals surface area contributed by atoms with Crippen LogP contribution in [0.25, 0.3) is 11.0 Å². The van der Waals surface area contributed by atoms with Gasteiger partial charge >= 0.3 is 5.69 Å². The summed E-state index contributed by atoms with van der Waals surface area (Å²) in [5.74, 6) is 0.509. The highest BCUT2D eigenvalue weighted by Gasteiger charge is 2.25. The van der Waals surface area contributed by atoms with Gasteiger partial charge in [0.2, 0.25) is 5.91 Å². The minimum absolute atomic E-state index is 0.0102. The van der Waals surface area contributed by atoms with Gasteiger partial charge in [0, 0.05) is 19.5 Å². The lowest BCUT2D eigenvalue weighted by Crippen LogP contribution is -2.38. The van der Waals surface area contributed by atoms with Gasteiger partial charge in [0.1, 0.15) is 16.2 Å². The third-order valence-electron chi connectivity index (χ3n) is 5.98. The minimum Gasteiger partial charge on any atom is -0.349 e. The van der Waals surface area contributed by atoms with Crippen LogP contribution in [-0.4, -0.2) is 30.8 Å². The van der Waals surface area contributed by atoms with Gasteiger partial charge in [-0.2, -0.15) is 0 Å². The number of carbonyl (C=O) groups is 1. The molecule has 0 radical (unpaired) electrons. The molecule has 0 spiro atoms. The van der Waals surface area contributed by atoms with E-state index in [4.69, 9.17) is 0 Å². The molecule has 4 rings (SSSR count). The molecular weight excluding hydrogens is 438 g/mol. The van der Waals surface area contributed by atoms with E-state index >= 15 is 0 Å². The van der Waals surface area contributed by atoms with E-state index in [0.29, 0.717) is 10.9 Å². The summed E-state index contributed by atoms with van der Waals surface area (Å²) in [5.41, 5.74) is 1.44. The molecule has 1 atom stereocenters. The third-order valence-corrected chi connectivity index (χ3v) is 6.96. The summed E-state index contributed by atoms with van der Waals surface area (Å²) in [6.45, 7) is 5.90. The average Bonchev–Trinajstić information content (AvgIpc) is 2.79. The molecule has 1 N–H and O–H groups in total. The molecule has 174 valence electrons. The van der Waals surface area contributed by atoms with Gasteiger partial charge in [0.25, 0.3) is 5.56 Å². The van der Waals surface area contributed by atoms with Gasteiger partial charge in [-0.05, 0) is 30.4 Å². The predicted octanol–water partition coefficient (Wildman–Crippen LogP) is 2.61. The molecule has 33 heavy (non-hydrogen) atoms. The highest BCUT2D eigenvalue weighted by Crippen LogP contribution is 2.30. The highest BCUT2D eigenvalue weighted by molar-refractivity contribution is 8.00. The number of carbonyl (C=O) groups excluding carboxylic acids is 1. The van der Waals surface area contributed by atoms with Gasteiger partial charge in [-0.15, -0.1) is 0 Å². The zero-order valence-electron chi connectivity index (χ0n) is 19.6. The first-order valence-corrected chi connectivity index (χ1v) is 12.0. The van der Waals surface area contributed by atoms with Gasteiger partial charge in [0.15, 0.2) is 5.65 Å². The Balaban J connectivity index is 1.65. The monoisotopic (exact) mass is 467 g/mol. The van der Waals surface area contributed by atoms with Crippen molar-refractivity contribution >= 4 is 28.7 Å². The number of nitrogens with one attached hydrogen (secondary N) is 1. The van der Waals surface area contributed by atoms with Crippen molar-refractivity contribution in [1.29, 1.82) is 0 Å². The maximum absolute atomic E-state index is 12.9. The maximum atomic E-state index is 12.9. The molecule has 0 bridgehead atoms. The second-order valence-electron chi connectivity index (χ2n) is 9.51. The van der Waals surface area contributed by atoms with Crippen molar-refractivity contribution in [3.8, 4) is 0 Å². The van der Waals surface area contributed by atoms with Crippen molar-refractivity contribution < 1.29 is 4.79 Å². The van der Waals surface area contributed by atoms with Crippen molar-refractivity contribution in [2.24, 2.45) is 14.1 Å². The van der Waals surface area contributed by atoms with E-state index in [0.717, 1.165) is 23.8 Å². The largest absolute Gasteiger partial charge is 0.349 e. The molecular formula is C24H29N5O3S. The fourth-order valence-electron chi connectivity index (χ4n) is 4.14. The zero-order valence-corrected chi connectivity index (χ0v) is 20.5. The Kier molecular flexibility index (Phi) is 6.18. The fourth-order valence-corrected chi connectivity index (χ4v) is 4.97. The molecule has 1 amide bonds. The summed E-state index contributed by atoms with van der Waals surface area (Å²) in [7, 11) is 3.02. The number of fused-ring (bicyclic) bond motifs is 2. The van der Waals surface area contributed by atoms with E-state index in [9.17, 15) is 14.4 Å². The summed E-state index contributed by atoms with van der Waals surface area (Å²) >= 11 is 1.20. The zero-order chi connectivity index (χ0) is 23.9. The second-order valence-corrected chi connectivity index (χ2v) is 10.5. The summed E-state index contributed by atoms with van der Waals surface area (Å²) in [6.07, 6.45) is 2.97. The molecule has 1 aromatic carbocycles. The van der Waals surface area contributed by atoms with Crippen LogP contribution in [0.5, 0.6) is 0 Å². The van der Waals surface area contributed by atoms with Crippen LogP contribution in [-0.2, 0) is 30.7 Å². The number of rotatable bonds is 4. The first-order valence-electron chi connectivity index (χ1n) is 11.1. The van der Waals surface area contributed by atoms with Crippen LogP contribution in [0.4, 0.5) is 0 Å². The Morgan fingerprint density at radius 3 is 2.61 bits per heavy atom.